The Labute approximate surface area is 250 Å². The van der Waals surface area contributed by atoms with Gasteiger partial charge in [-0.1, -0.05) is 29.3 Å². The number of ether oxygens (including phenoxy) is 1. The number of aromatic nitrogens is 1. The topological polar surface area (TPSA) is 115 Å². The number of hydrogen-bond acceptors (Lipinski definition) is 5. The van der Waals surface area contributed by atoms with E-state index in [1.807, 2.05) is 0 Å². The summed E-state index contributed by atoms with van der Waals surface area (Å²) in [5.41, 5.74) is 1.58. The Morgan fingerprint density at radius 2 is 1.71 bits per heavy atom. The van der Waals surface area contributed by atoms with Gasteiger partial charge < -0.3 is 15.2 Å². The van der Waals surface area contributed by atoms with E-state index in [1.54, 1.807) is 25.1 Å². The van der Waals surface area contributed by atoms with Gasteiger partial charge in [-0.15, -0.1) is 0 Å². The number of aryl methyl sites for hydroxylation is 1. The molecule has 11 heteroatoms. The maximum atomic E-state index is 14.4. The fourth-order valence-corrected chi connectivity index (χ4v) is 5.03. The number of anilines is 1. The number of carboxylic acid groups (broad SMARTS) is 1. The van der Waals surface area contributed by atoms with Crippen LogP contribution in [0.5, 0.6) is 5.75 Å². The van der Waals surface area contributed by atoms with Gasteiger partial charge in [-0.3, -0.25) is 19.0 Å². The molecule has 0 spiro atoms. The highest BCUT2D eigenvalue weighted by Gasteiger charge is 2.27. The number of methoxy groups -OCH3 is 1. The van der Waals surface area contributed by atoms with Crippen LogP contribution < -0.4 is 15.6 Å². The van der Waals surface area contributed by atoms with E-state index in [9.17, 15) is 28.7 Å². The van der Waals surface area contributed by atoms with Crippen molar-refractivity contribution in [2.75, 3.05) is 12.4 Å². The molecule has 0 saturated carbocycles. The van der Waals surface area contributed by atoms with Crippen molar-refractivity contribution >= 4 is 46.5 Å². The van der Waals surface area contributed by atoms with E-state index in [0.29, 0.717) is 27.3 Å². The second-order valence-corrected chi connectivity index (χ2v) is 10.3. The number of ketones is 1. The van der Waals surface area contributed by atoms with Gasteiger partial charge in [0.1, 0.15) is 17.6 Å². The number of halogens is 3. The molecule has 0 aliphatic carbocycles. The molecule has 1 heterocycles. The molecule has 4 rings (SSSR count). The number of carbonyl (C=O) groups excluding carboxylic acids is 2. The Morgan fingerprint density at radius 1 is 1.02 bits per heavy atom. The molecule has 1 unspecified atom stereocenters. The zero-order valence-electron chi connectivity index (χ0n) is 22.7. The minimum absolute atomic E-state index is 0.0224. The minimum atomic E-state index is -1.25. The summed E-state index contributed by atoms with van der Waals surface area (Å²) in [4.78, 5) is 50.9. The SMILES string of the molecule is COc1cn(C(Cc2c(C)ccc(F)c2Cl)C(=O)Nc2ccc(C(=O)O)cc2)c(=O)cc1-c1cc(Cl)ccc1C(C)=O. The Morgan fingerprint density at radius 3 is 2.33 bits per heavy atom. The van der Waals surface area contributed by atoms with E-state index < -0.39 is 29.3 Å². The molecule has 3 aromatic carbocycles. The number of aromatic carboxylic acids is 1. The van der Waals surface area contributed by atoms with Gasteiger partial charge in [0.05, 0.1) is 23.9 Å². The highest BCUT2D eigenvalue weighted by atomic mass is 35.5. The fraction of sp³-hybridized carbons (Fsp3) is 0.161. The third kappa shape index (κ3) is 6.37. The largest absolute Gasteiger partial charge is 0.495 e. The number of nitrogens with zero attached hydrogens (tertiary/aromatic N) is 1. The Balaban J connectivity index is 1.86. The Hall–Kier alpha value is -4.47. The smallest absolute Gasteiger partial charge is 0.335 e. The van der Waals surface area contributed by atoms with Gasteiger partial charge >= 0.3 is 5.97 Å². The van der Waals surface area contributed by atoms with E-state index in [4.69, 9.17) is 27.9 Å². The fourth-order valence-electron chi connectivity index (χ4n) is 4.56. The second kappa shape index (κ2) is 12.6. The van der Waals surface area contributed by atoms with Crippen LogP contribution in [0.4, 0.5) is 10.1 Å². The molecule has 8 nitrogen and oxygen atoms in total. The molecule has 1 atom stereocenters. The van der Waals surface area contributed by atoms with Crippen molar-refractivity contribution in [2.45, 2.75) is 26.3 Å². The van der Waals surface area contributed by atoms with Crippen molar-refractivity contribution in [3.8, 4) is 16.9 Å². The molecule has 1 aromatic heterocycles. The van der Waals surface area contributed by atoms with Gasteiger partial charge in [0.15, 0.2) is 5.78 Å². The molecule has 2 N–H and O–H groups in total. The first-order valence-electron chi connectivity index (χ1n) is 12.6. The summed E-state index contributed by atoms with van der Waals surface area (Å²) in [5.74, 6) is -2.55. The molecule has 0 saturated heterocycles. The van der Waals surface area contributed by atoms with Crippen molar-refractivity contribution in [2.24, 2.45) is 0 Å². The van der Waals surface area contributed by atoms with E-state index in [0.717, 1.165) is 4.57 Å². The molecule has 1 amide bonds. The van der Waals surface area contributed by atoms with Crippen LogP contribution in [0.3, 0.4) is 0 Å². The van der Waals surface area contributed by atoms with Gasteiger partial charge in [0.25, 0.3) is 5.56 Å². The number of benzene rings is 3. The van der Waals surface area contributed by atoms with Crippen LogP contribution in [0.15, 0.2) is 71.7 Å². The number of rotatable bonds is 9. The summed E-state index contributed by atoms with van der Waals surface area (Å²) in [6.07, 6.45) is 1.17. The zero-order valence-corrected chi connectivity index (χ0v) is 24.2. The summed E-state index contributed by atoms with van der Waals surface area (Å²) in [5, 5.41) is 12.0. The predicted octanol–water partition coefficient (Wildman–Crippen LogP) is 6.60. The third-order valence-electron chi connectivity index (χ3n) is 6.78. The first-order valence-corrected chi connectivity index (χ1v) is 13.4. The van der Waals surface area contributed by atoms with Crippen LogP contribution in [0.1, 0.15) is 44.8 Å². The van der Waals surface area contributed by atoms with Gasteiger partial charge in [-0.05, 0) is 79.1 Å². The van der Waals surface area contributed by atoms with Crippen LogP contribution in [0, 0.1) is 12.7 Å². The van der Waals surface area contributed by atoms with Gasteiger partial charge in [-0.25, -0.2) is 9.18 Å². The number of Topliss-reactive ketones (excluding diaryl/α,β-unsaturated/α-hetero) is 1. The summed E-state index contributed by atoms with van der Waals surface area (Å²) in [7, 11) is 1.37. The summed E-state index contributed by atoms with van der Waals surface area (Å²) < 4.78 is 21.2. The first kappa shape index (κ1) is 30.5. The molecule has 4 aromatic rings. The predicted molar refractivity (Wildman–Crippen MR) is 159 cm³/mol. The highest BCUT2D eigenvalue weighted by molar-refractivity contribution is 6.31. The third-order valence-corrected chi connectivity index (χ3v) is 7.42. The number of amides is 1. The standard InChI is InChI=1S/C31H25Cl2FN2O6/c1-16-4-11-25(34)29(33)22(16)13-26(30(39)35-20-8-5-18(6-9-20)31(40)41)36-15-27(42-3)24(14-28(36)38)23-12-19(32)7-10-21(23)17(2)37/h4-12,14-15,26H,13H2,1-3H3,(H,35,39)(H,40,41). The highest BCUT2D eigenvalue weighted by Crippen LogP contribution is 2.35. The average Bonchev–Trinajstić information content (AvgIpc) is 2.95. The van der Waals surface area contributed by atoms with Gasteiger partial charge in [-0.2, -0.15) is 0 Å². The quantitative estimate of drug-likeness (QED) is 0.206. The molecule has 0 fully saturated rings. The second-order valence-electron chi connectivity index (χ2n) is 9.50. The summed E-state index contributed by atoms with van der Waals surface area (Å²) >= 11 is 12.5. The molecule has 0 aliphatic rings. The van der Waals surface area contributed by atoms with Crippen molar-refractivity contribution in [3.63, 3.8) is 0 Å². The molecular weight excluding hydrogens is 586 g/mol. The van der Waals surface area contributed by atoms with Gasteiger partial charge in [0.2, 0.25) is 5.91 Å². The lowest BCUT2D eigenvalue weighted by Gasteiger charge is -2.23. The number of carboxylic acids is 1. The van der Waals surface area contributed by atoms with Crippen LogP contribution in [0.25, 0.3) is 11.1 Å². The van der Waals surface area contributed by atoms with Crippen LogP contribution in [-0.2, 0) is 11.2 Å². The lowest BCUT2D eigenvalue weighted by atomic mass is 9.96. The van der Waals surface area contributed by atoms with E-state index in [1.165, 1.54) is 62.7 Å². The van der Waals surface area contributed by atoms with Crippen molar-refractivity contribution in [1.82, 2.24) is 4.57 Å². The Bertz CT molecular complexity index is 1770. The normalized spacial score (nSPS) is 11.6. The van der Waals surface area contributed by atoms with Crippen LogP contribution >= 0.6 is 23.2 Å². The number of pyridine rings is 1. The monoisotopic (exact) mass is 610 g/mol. The lowest BCUT2D eigenvalue weighted by molar-refractivity contribution is -0.119. The van der Waals surface area contributed by atoms with Gasteiger partial charge in [0, 0.05) is 34.3 Å². The van der Waals surface area contributed by atoms with Crippen molar-refractivity contribution in [1.29, 1.82) is 0 Å². The molecule has 216 valence electrons. The molecule has 42 heavy (non-hydrogen) atoms. The maximum absolute atomic E-state index is 14.4. The van der Waals surface area contributed by atoms with E-state index >= 15 is 0 Å². The van der Waals surface area contributed by atoms with Crippen molar-refractivity contribution in [3.05, 3.63) is 115 Å². The first-order chi connectivity index (χ1) is 19.9. The molecule has 0 bridgehead atoms. The molecule has 0 radical (unpaired) electrons. The Kier molecular flexibility index (Phi) is 9.14. The number of hydrogen-bond donors (Lipinski definition) is 2. The summed E-state index contributed by atoms with van der Waals surface area (Å²) in [6.45, 7) is 3.09. The van der Waals surface area contributed by atoms with E-state index in [-0.39, 0.29) is 39.8 Å². The molecule has 0 aliphatic heterocycles. The number of carbonyl (C=O) groups is 3. The molecular formula is C31H25Cl2FN2O6. The zero-order chi connectivity index (χ0) is 30.7. The minimum Gasteiger partial charge on any atom is -0.495 e. The maximum Gasteiger partial charge on any atom is 0.335 e. The summed E-state index contributed by atoms with van der Waals surface area (Å²) in [6, 6.07) is 12.8. The average molecular weight is 611 g/mol. The lowest BCUT2D eigenvalue weighted by Crippen LogP contribution is -2.34. The van der Waals surface area contributed by atoms with E-state index in [2.05, 4.69) is 5.32 Å². The van der Waals surface area contributed by atoms with Crippen molar-refractivity contribution < 1.29 is 28.6 Å². The van der Waals surface area contributed by atoms with Crippen LogP contribution in [-0.4, -0.2) is 34.4 Å². The number of nitrogens with one attached hydrogen (secondary N) is 1. The van der Waals surface area contributed by atoms with Crippen LogP contribution in [0.2, 0.25) is 10.0 Å².